The van der Waals surface area contributed by atoms with Gasteiger partial charge in [0.2, 0.25) is 0 Å². The first-order chi connectivity index (χ1) is 12.0. The lowest BCUT2D eigenvalue weighted by molar-refractivity contribution is -0.138. The monoisotopic (exact) mass is 390 g/mol. The highest BCUT2D eigenvalue weighted by Gasteiger charge is 2.53. The first-order valence-electron chi connectivity index (χ1n) is 8.19. The normalized spacial score (nSPS) is 20.3. The van der Waals surface area contributed by atoms with Crippen molar-refractivity contribution in [2.45, 2.75) is 44.4 Å². The van der Waals surface area contributed by atoms with Crippen LogP contribution in [0.25, 0.3) is 0 Å². The predicted molar refractivity (Wildman–Crippen MR) is 88.9 cm³/mol. The first kappa shape index (κ1) is 18.8. The van der Waals surface area contributed by atoms with Gasteiger partial charge in [-0.1, -0.05) is 11.6 Å². The van der Waals surface area contributed by atoms with Crippen LogP contribution in [0.4, 0.5) is 23.8 Å². The molecular formula is C16H18ClF3N4O2. The van der Waals surface area contributed by atoms with Crippen LogP contribution >= 0.6 is 11.6 Å². The van der Waals surface area contributed by atoms with Gasteiger partial charge in [-0.05, 0) is 32.8 Å². The number of alkyl halides is 3. The number of hydrogen-bond acceptors (Lipinski definition) is 4. The maximum Gasteiger partial charge on any atom is 0.417 e. The van der Waals surface area contributed by atoms with Gasteiger partial charge in [0.05, 0.1) is 10.6 Å². The molecule has 2 fully saturated rings. The number of halogens is 4. The van der Waals surface area contributed by atoms with E-state index in [4.69, 9.17) is 11.6 Å². The van der Waals surface area contributed by atoms with Crippen LogP contribution in [0, 0.1) is 0 Å². The highest BCUT2D eigenvalue weighted by Crippen LogP contribution is 2.36. The molecule has 1 aromatic heterocycles. The SMILES string of the molecule is CC(C)N1C(=O)NC2(CCN(c3ncc(C(F)(F)F)cc3Cl)CC2)C1=O. The van der Waals surface area contributed by atoms with Gasteiger partial charge in [0.1, 0.15) is 11.4 Å². The smallest absolute Gasteiger partial charge is 0.355 e. The van der Waals surface area contributed by atoms with Crippen molar-refractivity contribution in [1.82, 2.24) is 15.2 Å². The number of rotatable bonds is 2. The molecule has 26 heavy (non-hydrogen) atoms. The van der Waals surface area contributed by atoms with Gasteiger partial charge in [0.25, 0.3) is 5.91 Å². The number of urea groups is 1. The standard InChI is InChI=1S/C16H18ClF3N4O2/c1-9(2)24-13(25)15(22-14(24)26)3-5-23(6-4-15)12-11(17)7-10(8-21-12)16(18,19)20/h7-9H,3-6H2,1-2H3,(H,22,26). The van der Waals surface area contributed by atoms with Gasteiger partial charge in [0, 0.05) is 25.3 Å². The summed E-state index contributed by atoms with van der Waals surface area (Å²) in [7, 11) is 0. The van der Waals surface area contributed by atoms with Crippen LogP contribution in [-0.2, 0) is 11.0 Å². The number of pyridine rings is 1. The third-order valence-electron chi connectivity index (χ3n) is 4.78. The number of carbonyl (C=O) groups is 2. The molecule has 0 atom stereocenters. The van der Waals surface area contributed by atoms with Crippen molar-refractivity contribution in [3.63, 3.8) is 0 Å². The summed E-state index contributed by atoms with van der Waals surface area (Å²) in [5, 5.41) is 2.68. The largest absolute Gasteiger partial charge is 0.417 e. The Morgan fingerprint density at radius 3 is 2.35 bits per heavy atom. The van der Waals surface area contributed by atoms with Crippen LogP contribution in [0.5, 0.6) is 0 Å². The molecule has 0 radical (unpaired) electrons. The Labute approximate surface area is 153 Å². The molecule has 0 saturated carbocycles. The molecule has 10 heteroatoms. The second-order valence-corrected chi connectivity index (χ2v) is 7.20. The van der Waals surface area contributed by atoms with Gasteiger partial charge in [-0.25, -0.2) is 9.78 Å². The topological polar surface area (TPSA) is 65.5 Å². The molecule has 0 bridgehead atoms. The molecular weight excluding hydrogens is 373 g/mol. The average Bonchev–Trinajstić information content (AvgIpc) is 2.78. The summed E-state index contributed by atoms with van der Waals surface area (Å²) in [6.07, 6.45) is -3.10. The highest BCUT2D eigenvalue weighted by atomic mass is 35.5. The quantitative estimate of drug-likeness (QED) is 0.788. The number of aromatic nitrogens is 1. The Morgan fingerprint density at radius 2 is 1.88 bits per heavy atom. The summed E-state index contributed by atoms with van der Waals surface area (Å²) in [5.74, 6) is -0.0179. The lowest BCUT2D eigenvalue weighted by atomic mass is 9.87. The number of hydrogen-bond donors (Lipinski definition) is 1. The van der Waals surface area contributed by atoms with Gasteiger partial charge < -0.3 is 10.2 Å². The fraction of sp³-hybridized carbons (Fsp3) is 0.562. The van der Waals surface area contributed by atoms with Gasteiger partial charge >= 0.3 is 12.2 Å². The van der Waals surface area contributed by atoms with E-state index >= 15 is 0 Å². The molecule has 2 aliphatic rings. The minimum atomic E-state index is -4.51. The van der Waals surface area contributed by atoms with E-state index in [1.807, 2.05) is 0 Å². The van der Waals surface area contributed by atoms with E-state index in [0.717, 1.165) is 12.3 Å². The molecule has 1 N–H and O–H groups in total. The molecule has 3 amide bonds. The van der Waals surface area contributed by atoms with Crippen molar-refractivity contribution in [2.75, 3.05) is 18.0 Å². The highest BCUT2D eigenvalue weighted by molar-refractivity contribution is 6.33. The maximum atomic E-state index is 12.7. The summed E-state index contributed by atoms with van der Waals surface area (Å²) in [6.45, 7) is 4.21. The van der Waals surface area contributed by atoms with Crippen molar-refractivity contribution < 1.29 is 22.8 Å². The van der Waals surface area contributed by atoms with E-state index in [1.54, 1.807) is 18.7 Å². The summed E-state index contributed by atoms with van der Waals surface area (Å²) >= 11 is 5.99. The Morgan fingerprint density at radius 1 is 1.27 bits per heavy atom. The Bertz CT molecular complexity index is 746. The molecule has 2 aliphatic heterocycles. The molecule has 2 saturated heterocycles. The van der Waals surface area contributed by atoms with Crippen LogP contribution in [-0.4, -0.2) is 46.5 Å². The van der Waals surface area contributed by atoms with Gasteiger partial charge in [-0.15, -0.1) is 0 Å². The van der Waals surface area contributed by atoms with E-state index in [2.05, 4.69) is 10.3 Å². The van der Waals surface area contributed by atoms with E-state index < -0.39 is 23.3 Å². The average molecular weight is 391 g/mol. The fourth-order valence-electron chi connectivity index (χ4n) is 3.37. The third kappa shape index (κ3) is 3.08. The Hall–Kier alpha value is -2.03. The zero-order valence-corrected chi connectivity index (χ0v) is 15.0. The number of amides is 3. The summed E-state index contributed by atoms with van der Waals surface area (Å²) < 4.78 is 38.2. The van der Waals surface area contributed by atoms with Crippen molar-refractivity contribution in [1.29, 1.82) is 0 Å². The molecule has 142 valence electrons. The number of imide groups is 1. The summed E-state index contributed by atoms with van der Waals surface area (Å²) in [6, 6.07) is 0.187. The molecule has 0 aliphatic carbocycles. The zero-order valence-electron chi connectivity index (χ0n) is 14.2. The summed E-state index contributed by atoms with van der Waals surface area (Å²) in [4.78, 5) is 31.5. The minimum absolute atomic E-state index is 0.0960. The number of piperidine rings is 1. The molecule has 3 rings (SSSR count). The second-order valence-electron chi connectivity index (χ2n) is 6.80. The van der Waals surface area contributed by atoms with Crippen LogP contribution in [0.1, 0.15) is 32.3 Å². The number of anilines is 1. The molecule has 0 aromatic carbocycles. The first-order valence-corrected chi connectivity index (χ1v) is 8.56. The van der Waals surface area contributed by atoms with Crippen molar-refractivity contribution >= 4 is 29.4 Å². The van der Waals surface area contributed by atoms with Crippen LogP contribution in [0.15, 0.2) is 12.3 Å². The van der Waals surface area contributed by atoms with E-state index in [0.29, 0.717) is 25.9 Å². The molecule has 1 aromatic rings. The third-order valence-corrected chi connectivity index (χ3v) is 5.05. The second kappa shape index (κ2) is 6.29. The molecule has 1 spiro atoms. The van der Waals surface area contributed by atoms with E-state index in [-0.39, 0.29) is 22.8 Å². The van der Waals surface area contributed by atoms with Crippen LogP contribution < -0.4 is 10.2 Å². The van der Waals surface area contributed by atoms with Crippen molar-refractivity contribution in [3.8, 4) is 0 Å². The lowest BCUT2D eigenvalue weighted by Gasteiger charge is -2.38. The zero-order chi connectivity index (χ0) is 19.3. The lowest BCUT2D eigenvalue weighted by Crippen LogP contribution is -2.55. The van der Waals surface area contributed by atoms with Crippen LogP contribution in [0.2, 0.25) is 5.02 Å². The molecule has 3 heterocycles. The maximum absolute atomic E-state index is 12.7. The Kier molecular flexibility index (Phi) is 4.54. The number of carbonyl (C=O) groups excluding carboxylic acids is 2. The van der Waals surface area contributed by atoms with E-state index in [1.165, 1.54) is 4.90 Å². The molecule has 0 unspecified atom stereocenters. The minimum Gasteiger partial charge on any atom is -0.355 e. The predicted octanol–water partition coefficient (Wildman–Crippen LogP) is 3.05. The van der Waals surface area contributed by atoms with Gasteiger partial charge in [-0.2, -0.15) is 13.2 Å². The van der Waals surface area contributed by atoms with Gasteiger partial charge in [-0.3, -0.25) is 9.69 Å². The van der Waals surface area contributed by atoms with Gasteiger partial charge in [0.15, 0.2) is 0 Å². The summed E-state index contributed by atoms with van der Waals surface area (Å²) in [5.41, 5.74) is -1.87. The number of nitrogens with zero attached hydrogens (tertiary/aromatic N) is 3. The van der Waals surface area contributed by atoms with Crippen molar-refractivity contribution in [2.24, 2.45) is 0 Å². The van der Waals surface area contributed by atoms with Crippen molar-refractivity contribution in [3.05, 3.63) is 22.8 Å². The Balaban J connectivity index is 1.75. The molecule has 6 nitrogen and oxygen atoms in total. The van der Waals surface area contributed by atoms with Crippen LogP contribution in [0.3, 0.4) is 0 Å². The fourth-order valence-corrected chi connectivity index (χ4v) is 3.65. The number of nitrogens with one attached hydrogen (secondary N) is 1. The van der Waals surface area contributed by atoms with E-state index in [9.17, 15) is 22.8 Å².